The molecule has 1 aromatic heterocycles. The molecule has 1 heterocycles. The van der Waals surface area contributed by atoms with Crippen LogP contribution in [-0.2, 0) is 13.0 Å². The third-order valence-corrected chi connectivity index (χ3v) is 4.86. The van der Waals surface area contributed by atoms with Crippen LogP contribution in [0, 0.1) is 0 Å². The molecule has 0 fully saturated rings. The van der Waals surface area contributed by atoms with E-state index in [0.29, 0.717) is 28.1 Å². The van der Waals surface area contributed by atoms with E-state index in [0.717, 1.165) is 6.92 Å². The number of amides is 2. The highest BCUT2D eigenvalue weighted by Crippen LogP contribution is 2.29. The second kappa shape index (κ2) is 8.70. The summed E-state index contributed by atoms with van der Waals surface area (Å²) in [5.74, 6) is -2.03. The number of anilines is 2. The molecule has 0 unspecified atom stereocenters. The van der Waals surface area contributed by atoms with E-state index < -0.39 is 12.0 Å². The summed E-state index contributed by atoms with van der Waals surface area (Å²) in [5.41, 5.74) is 0.939. The molecule has 2 N–H and O–H groups in total. The number of carbonyl (C=O) groups excluding carboxylic acids is 1. The molecular formula is C24H20F2N4O3. The minimum atomic E-state index is -3.00. The fourth-order valence-electron chi connectivity index (χ4n) is 3.16. The molecule has 0 aliphatic carbocycles. The van der Waals surface area contributed by atoms with Gasteiger partial charge in [0, 0.05) is 30.9 Å². The fraction of sp³-hybridized carbons (Fsp3) is 0.125. The Morgan fingerprint density at radius 2 is 1.67 bits per heavy atom. The van der Waals surface area contributed by atoms with Crippen molar-refractivity contribution in [3.63, 3.8) is 0 Å². The van der Waals surface area contributed by atoms with E-state index in [1.165, 1.54) is 35.2 Å². The van der Waals surface area contributed by atoms with Crippen LogP contribution in [0.1, 0.15) is 12.5 Å². The number of nitrogens with zero attached hydrogens (tertiary/aromatic N) is 2. The standard InChI is InChI=1S/C24H20F2N4O3/c1-24(25,26)15-4-3-5-17(12-15)29-23(32)28-16-6-8-18(9-7-16)33-19-10-11-21-20(13-19)22(31)30(2)14-27-21/h3-14H,1-2H3,(H2,28,29,32). The lowest BCUT2D eigenvalue weighted by Gasteiger charge is -2.13. The van der Waals surface area contributed by atoms with Crippen LogP contribution in [-0.4, -0.2) is 15.6 Å². The van der Waals surface area contributed by atoms with Gasteiger partial charge in [-0.05, 0) is 54.6 Å². The summed E-state index contributed by atoms with van der Waals surface area (Å²) in [4.78, 5) is 28.7. The number of halogens is 2. The van der Waals surface area contributed by atoms with Crippen molar-refractivity contribution in [2.75, 3.05) is 10.6 Å². The first-order valence-electron chi connectivity index (χ1n) is 9.99. The maximum atomic E-state index is 13.5. The number of nitrogens with one attached hydrogen (secondary N) is 2. The number of benzene rings is 3. The highest BCUT2D eigenvalue weighted by molar-refractivity contribution is 5.99. The Bertz CT molecular complexity index is 1380. The molecule has 9 heteroatoms. The molecule has 0 radical (unpaired) electrons. The van der Waals surface area contributed by atoms with Gasteiger partial charge in [0.2, 0.25) is 0 Å². The van der Waals surface area contributed by atoms with Crippen LogP contribution in [0.25, 0.3) is 10.9 Å². The number of urea groups is 1. The summed E-state index contributed by atoms with van der Waals surface area (Å²) in [7, 11) is 1.62. The molecule has 33 heavy (non-hydrogen) atoms. The number of aromatic nitrogens is 2. The number of alkyl halides is 2. The van der Waals surface area contributed by atoms with Gasteiger partial charge in [0.1, 0.15) is 11.5 Å². The molecule has 3 aromatic carbocycles. The fourth-order valence-corrected chi connectivity index (χ4v) is 3.16. The third kappa shape index (κ3) is 5.15. The Morgan fingerprint density at radius 3 is 2.39 bits per heavy atom. The maximum absolute atomic E-state index is 13.5. The van der Waals surface area contributed by atoms with Crippen LogP contribution in [0.15, 0.2) is 77.9 Å². The monoisotopic (exact) mass is 450 g/mol. The summed E-state index contributed by atoms with van der Waals surface area (Å²) in [5, 5.41) is 5.61. The molecule has 4 rings (SSSR count). The Hall–Kier alpha value is -4.27. The van der Waals surface area contributed by atoms with E-state index in [2.05, 4.69) is 15.6 Å². The average Bonchev–Trinajstić information content (AvgIpc) is 2.77. The molecule has 7 nitrogen and oxygen atoms in total. The molecule has 0 bridgehead atoms. The summed E-state index contributed by atoms with van der Waals surface area (Å²) in [6.07, 6.45) is 1.46. The summed E-state index contributed by atoms with van der Waals surface area (Å²) in [6, 6.07) is 16.5. The molecule has 0 aliphatic heterocycles. The second-order valence-electron chi connectivity index (χ2n) is 7.51. The number of aryl methyl sites for hydroxylation is 1. The zero-order valence-electron chi connectivity index (χ0n) is 17.8. The summed E-state index contributed by atoms with van der Waals surface area (Å²) < 4.78 is 34.1. The molecule has 0 atom stereocenters. The molecule has 2 amide bonds. The zero-order valence-corrected chi connectivity index (χ0v) is 17.8. The van der Waals surface area contributed by atoms with Gasteiger partial charge in [-0.2, -0.15) is 0 Å². The molecule has 0 aliphatic rings. The Kier molecular flexibility index (Phi) is 5.78. The molecule has 4 aromatic rings. The van der Waals surface area contributed by atoms with Gasteiger partial charge in [0.05, 0.1) is 17.2 Å². The topological polar surface area (TPSA) is 85.2 Å². The number of hydrogen-bond acceptors (Lipinski definition) is 4. The predicted molar refractivity (Wildman–Crippen MR) is 122 cm³/mol. The minimum Gasteiger partial charge on any atom is -0.457 e. The van der Waals surface area contributed by atoms with Crippen molar-refractivity contribution < 1.29 is 18.3 Å². The highest BCUT2D eigenvalue weighted by atomic mass is 19.3. The number of fused-ring (bicyclic) bond motifs is 1. The molecule has 0 saturated carbocycles. The molecular weight excluding hydrogens is 430 g/mol. The van der Waals surface area contributed by atoms with E-state index in [4.69, 9.17) is 4.74 Å². The second-order valence-corrected chi connectivity index (χ2v) is 7.51. The van der Waals surface area contributed by atoms with Gasteiger partial charge >= 0.3 is 6.03 Å². The Balaban J connectivity index is 1.41. The summed E-state index contributed by atoms with van der Waals surface area (Å²) in [6.45, 7) is 0.796. The molecule has 168 valence electrons. The maximum Gasteiger partial charge on any atom is 0.323 e. The number of ether oxygens (including phenoxy) is 1. The van der Waals surface area contributed by atoms with E-state index in [1.54, 1.807) is 49.5 Å². The van der Waals surface area contributed by atoms with E-state index in [-0.39, 0.29) is 16.8 Å². The van der Waals surface area contributed by atoms with Crippen molar-refractivity contribution in [1.82, 2.24) is 9.55 Å². The molecule has 0 spiro atoms. The predicted octanol–water partition coefficient (Wildman–Crippen LogP) is 5.48. The van der Waals surface area contributed by atoms with Crippen molar-refractivity contribution in [2.45, 2.75) is 12.8 Å². The van der Waals surface area contributed by atoms with E-state index in [9.17, 15) is 18.4 Å². The largest absolute Gasteiger partial charge is 0.457 e. The lowest BCUT2D eigenvalue weighted by atomic mass is 10.1. The summed E-state index contributed by atoms with van der Waals surface area (Å²) >= 11 is 0. The van der Waals surface area contributed by atoms with Gasteiger partial charge in [-0.25, -0.2) is 18.6 Å². The smallest absolute Gasteiger partial charge is 0.323 e. The van der Waals surface area contributed by atoms with Crippen molar-refractivity contribution in [2.24, 2.45) is 7.05 Å². The van der Waals surface area contributed by atoms with Crippen molar-refractivity contribution in [3.05, 3.63) is 89.0 Å². The number of carbonyl (C=O) groups is 1. The zero-order chi connectivity index (χ0) is 23.6. The average molecular weight is 450 g/mol. The van der Waals surface area contributed by atoms with Crippen LogP contribution >= 0.6 is 0 Å². The van der Waals surface area contributed by atoms with Crippen molar-refractivity contribution in [3.8, 4) is 11.5 Å². The normalized spacial score (nSPS) is 11.3. The SMILES string of the molecule is Cn1cnc2ccc(Oc3ccc(NC(=O)Nc4cccc(C(C)(F)F)c4)cc3)cc2c1=O. The van der Waals surface area contributed by atoms with Gasteiger partial charge in [-0.15, -0.1) is 0 Å². The van der Waals surface area contributed by atoms with E-state index in [1.807, 2.05) is 0 Å². The lowest BCUT2D eigenvalue weighted by Crippen LogP contribution is -2.19. The van der Waals surface area contributed by atoms with Gasteiger partial charge in [0.25, 0.3) is 11.5 Å². The van der Waals surface area contributed by atoms with Gasteiger partial charge in [-0.1, -0.05) is 12.1 Å². The van der Waals surface area contributed by atoms with Crippen LogP contribution in [0.4, 0.5) is 25.0 Å². The van der Waals surface area contributed by atoms with Crippen molar-refractivity contribution in [1.29, 1.82) is 0 Å². The van der Waals surface area contributed by atoms with Crippen LogP contribution in [0.5, 0.6) is 11.5 Å². The number of rotatable bonds is 5. The van der Waals surface area contributed by atoms with Gasteiger partial charge in [0.15, 0.2) is 0 Å². The van der Waals surface area contributed by atoms with E-state index >= 15 is 0 Å². The number of hydrogen-bond donors (Lipinski definition) is 2. The molecule has 0 saturated heterocycles. The lowest BCUT2D eigenvalue weighted by molar-refractivity contribution is 0.0175. The van der Waals surface area contributed by atoms with Crippen LogP contribution in [0.2, 0.25) is 0 Å². The minimum absolute atomic E-state index is 0.177. The van der Waals surface area contributed by atoms with Crippen molar-refractivity contribution >= 4 is 28.3 Å². The van der Waals surface area contributed by atoms with Gasteiger partial charge in [-0.3, -0.25) is 4.79 Å². The Morgan fingerprint density at radius 1 is 0.970 bits per heavy atom. The quantitative estimate of drug-likeness (QED) is 0.422. The van der Waals surface area contributed by atoms with Gasteiger partial charge < -0.3 is 19.9 Å². The first-order valence-corrected chi connectivity index (χ1v) is 9.99. The third-order valence-electron chi connectivity index (χ3n) is 4.86. The first kappa shape index (κ1) is 21.9. The van der Waals surface area contributed by atoms with Crippen LogP contribution < -0.4 is 20.9 Å². The van der Waals surface area contributed by atoms with Crippen LogP contribution in [0.3, 0.4) is 0 Å². The first-order chi connectivity index (χ1) is 15.7. The Labute approximate surface area is 187 Å². The highest BCUT2D eigenvalue weighted by Gasteiger charge is 2.24.